The van der Waals surface area contributed by atoms with E-state index in [1.165, 1.54) is 6.92 Å². The molecule has 0 aliphatic rings. The standard InChI is InChI=1S/C13H17NO4/c1-3-4-13(16)18-9-17-12-7-5-11(6-8-12)14-10(2)15/h5-8H,3-4,9H2,1-2H3,(H,14,15). The van der Waals surface area contributed by atoms with Gasteiger partial charge in [0.25, 0.3) is 0 Å². The molecule has 0 fully saturated rings. The summed E-state index contributed by atoms with van der Waals surface area (Å²) >= 11 is 0. The van der Waals surface area contributed by atoms with Crippen molar-refractivity contribution < 1.29 is 19.1 Å². The maximum atomic E-state index is 11.1. The highest BCUT2D eigenvalue weighted by atomic mass is 16.7. The number of hydrogen-bond donors (Lipinski definition) is 1. The van der Waals surface area contributed by atoms with Crippen molar-refractivity contribution in [2.45, 2.75) is 26.7 Å². The maximum Gasteiger partial charge on any atom is 0.308 e. The van der Waals surface area contributed by atoms with Gasteiger partial charge in [0.1, 0.15) is 5.75 Å². The molecule has 1 N–H and O–H groups in total. The van der Waals surface area contributed by atoms with Gasteiger partial charge in [-0.2, -0.15) is 0 Å². The second-order valence-electron chi connectivity index (χ2n) is 3.73. The van der Waals surface area contributed by atoms with Crippen LogP contribution in [0.4, 0.5) is 5.69 Å². The topological polar surface area (TPSA) is 64.6 Å². The summed E-state index contributed by atoms with van der Waals surface area (Å²) in [7, 11) is 0. The Bertz CT molecular complexity index is 400. The number of hydrogen-bond acceptors (Lipinski definition) is 4. The fourth-order valence-electron chi connectivity index (χ4n) is 1.28. The largest absolute Gasteiger partial charge is 0.457 e. The van der Waals surface area contributed by atoms with Gasteiger partial charge in [0.2, 0.25) is 12.7 Å². The van der Waals surface area contributed by atoms with Crippen LogP contribution in [0, 0.1) is 0 Å². The maximum absolute atomic E-state index is 11.1. The Kier molecular flexibility index (Phi) is 5.70. The van der Waals surface area contributed by atoms with E-state index >= 15 is 0 Å². The number of anilines is 1. The van der Waals surface area contributed by atoms with Gasteiger partial charge in [0, 0.05) is 19.0 Å². The SMILES string of the molecule is CCCC(=O)OCOc1ccc(NC(C)=O)cc1. The molecule has 0 radical (unpaired) electrons. The zero-order valence-corrected chi connectivity index (χ0v) is 10.6. The van der Waals surface area contributed by atoms with Crippen molar-refractivity contribution in [3.8, 4) is 5.75 Å². The second-order valence-corrected chi connectivity index (χ2v) is 3.73. The Balaban J connectivity index is 2.35. The summed E-state index contributed by atoms with van der Waals surface area (Å²) in [5, 5.41) is 2.64. The predicted molar refractivity (Wildman–Crippen MR) is 67.2 cm³/mol. The summed E-state index contributed by atoms with van der Waals surface area (Å²) in [5.41, 5.74) is 0.692. The molecule has 0 saturated carbocycles. The molecule has 1 aromatic rings. The molecular weight excluding hydrogens is 234 g/mol. The summed E-state index contributed by atoms with van der Waals surface area (Å²) in [6, 6.07) is 6.81. The first-order valence-corrected chi connectivity index (χ1v) is 5.78. The number of amides is 1. The van der Waals surface area contributed by atoms with Gasteiger partial charge in [0.05, 0.1) is 0 Å². The van der Waals surface area contributed by atoms with Gasteiger partial charge in [-0.15, -0.1) is 0 Å². The molecule has 0 atom stereocenters. The van der Waals surface area contributed by atoms with E-state index in [0.717, 1.165) is 6.42 Å². The van der Waals surface area contributed by atoms with Gasteiger partial charge in [-0.25, -0.2) is 0 Å². The molecule has 0 aliphatic heterocycles. The van der Waals surface area contributed by atoms with Crippen LogP contribution in [0.3, 0.4) is 0 Å². The molecule has 0 aliphatic carbocycles. The van der Waals surface area contributed by atoms with Gasteiger partial charge in [-0.05, 0) is 30.7 Å². The first-order valence-electron chi connectivity index (χ1n) is 5.78. The smallest absolute Gasteiger partial charge is 0.308 e. The van der Waals surface area contributed by atoms with Crippen molar-refractivity contribution in [3.63, 3.8) is 0 Å². The average molecular weight is 251 g/mol. The van der Waals surface area contributed by atoms with Crippen LogP contribution < -0.4 is 10.1 Å². The lowest BCUT2D eigenvalue weighted by Gasteiger charge is -2.08. The van der Waals surface area contributed by atoms with E-state index in [4.69, 9.17) is 9.47 Å². The van der Waals surface area contributed by atoms with E-state index in [2.05, 4.69) is 5.32 Å². The number of rotatable bonds is 6. The number of carbonyl (C=O) groups excluding carboxylic acids is 2. The molecule has 98 valence electrons. The highest BCUT2D eigenvalue weighted by molar-refractivity contribution is 5.88. The van der Waals surface area contributed by atoms with Crippen molar-refractivity contribution in [2.75, 3.05) is 12.1 Å². The van der Waals surface area contributed by atoms with Crippen molar-refractivity contribution in [1.29, 1.82) is 0 Å². The van der Waals surface area contributed by atoms with Crippen LogP contribution in [0.25, 0.3) is 0 Å². The molecule has 1 amide bonds. The van der Waals surface area contributed by atoms with Gasteiger partial charge in [-0.3, -0.25) is 9.59 Å². The molecule has 5 heteroatoms. The first-order chi connectivity index (χ1) is 8.61. The second kappa shape index (κ2) is 7.32. The van der Waals surface area contributed by atoms with Crippen LogP contribution in [-0.2, 0) is 14.3 Å². The summed E-state index contributed by atoms with van der Waals surface area (Å²) in [5.74, 6) is 0.179. The normalized spacial score (nSPS) is 9.67. The molecule has 5 nitrogen and oxygen atoms in total. The predicted octanol–water partition coefficient (Wildman–Crippen LogP) is 2.32. The minimum atomic E-state index is -0.271. The van der Waals surface area contributed by atoms with Crippen LogP contribution in [-0.4, -0.2) is 18.7 Å². The first kappa shape index (κ1) is 14.0. The summed E-state index contributed by atoms with van der Waals surface area (Å²) < 4.78 is 10.1. The highest BCUT2D eigenvalue weighted by Crippen LogP contribution is 2.15. The third-order valence-corrected chi connectivity index (χ3v) is 2.07. The fourth-order valence-corrected chi connectivity index (χ4v) is 1.28. The molecule has 0 bridgehead atoms. The third-order valence-electron chi connectivity index (χ3n) is 2.07. The number of benzene rings is 1. The molecular formula is C13H17NO4. The Labute approximate surface area is 106 Å². The molecule has 0 unspecified atom stereocenters. The minimum Gasteiger partial charge on any atom is -0.457 e. The lowest BCUT2D eigenvalue weighted by Crippen LogP contribution is -2.10. The van der Waals surface area contributed by atoms with Gasteiger partial charge in [0.15, 0.2) is 0 Å². The van der Waals surface area contributed by atoms with E-state index < -0.39 is 0 Å². The van der Waals surface area contributed by atoms with Crippen LogP contribution in [0.1, 0.15) is 26.7 Å². The fraction of sp³-hybridized carbons (Fsp3) is 0.385. The van der Waals surface area contributed by atoms with Crippen LogP contribution in [0.5, 0.6) is 5.75 Å². The number of ether oxygens (including phenoxy) is 2. The Morgan fingerprint density at radius 2 is 1.89 bits per heavy atom. The zero-order valence-electron chi connectivity index (χ0n) is 10.6. The van der Waals surface area contributed by atoms with E-state index in [1.54, 1.807) is 24.3 Å². The van der Waals surface area contributed by atoms with E-state index in [1.807, 2.05) is 6.92 Å². The third kappa shape index (κ3) is 5.34. The quantitative estimate of drug-likeness (QED) is 0.622. The van der Waals surface area contributed by atoms with Crippen LogP contribution in [0.15, 0.2) is 24.3 Å². The number of nitrogens with one attached hydrogen (secondary N) is 1. The number of carbonyl (C=O) groups is 2. The van der Waals surface area contributed by atoms with Crippen molar-refractivity contribution in [2.24, 2.45) is 0 Å². The molecule has 0 spiro atoms. The summed E-state index contributed by atoms with van der Waals surface area (Å²) in [6.07, 6.45) is 1.15. The van der Waals surface area contributed by atoms with Crippen molar-refractivity contribution >= 4 is 17.6 Å². The number of esters is 1. The lowest BCUT2D eigenvalue weighted by atomic mass is 10.3. The van der Waals surface area contributed by atoms with Gasteiger partial charge in [-0.1, -0.05) is 6.92 Å². The molecule has 0 saturated heterocycles. The molecule has 1 rings (SSSR count). The van der Waals surface area contributed by atoms with E-state index in [0.29, 0.717) is 17.9 Å². The molecule has 1 aromatic carbocycles. The lowest BCUT2D eigenvalue weighted by molar-refractivity contribution is -0.150. The van der Waals surface area contributed by atoms with Crippen molar-refractivity contribution in [3.05, 3.63) is 24.3 Å². The summed E-state index contributed by atoms with van der Waals surface area (Å²) in [6.45, 7) is 3.25. The molecule has 18 heavy (non-hydrogen) atoms. The van der Waals surface area contributed by atoms with Crippen molar-refractivity contribution in [1.82, 2.24) is 0 Å². The Morgan fingerprint density at radius 1 is 1.22 bits per heavy atom. The van der Waals surface area contributed by atoms with E-state index in [-0.39, 0.29) is 18.7 Å². The molecule has 0 heterocycles. The van der Waals surface area contributed by atoms with Gasteiger partial charge < -0.3 is 14.8 Å². The van der Waals surface area contributed by atoms with Crippen LogP contribution in [0.2, 0.25) is 0 Å². The highest BCUT2D eigenvalue weighted by Gasteiger charge is 2.01. The average Bonchev–Trinajstić information content (AvgIpc) is 2.31. The Morgan fingerprint density at radius 3 is 2.44 bits per heavy atom. The van der Waals surface area contributed by atoms with Crippen LogP contribution >= 0.6 is 0 Å². The monoisotopic (exact) mass is 251 g/mol. The Hall–Kier alpha value is -2.04. The van der Waals surface area contributed by atoms with Gasteiger partial charge >= 0.3 is 5.97 Å². The minimum absolute atomic E-state index is 0.0989. The summed E-state index contributed by atoms with van der Waals surface area (Å²) in [4.78, 5) is 21.9. The zero-order chi connectivity index (χ0) is 13.4. The molecule has 0 aromatic heterocycles. The van der Waals surface area contributed by atoms with E-state index in [9.17, 15) is 9.59 Å².